The van der Waals surface area contributed by atoms with Gasteiger partial charge in [0.25, 0.3) is 0 Å². The predicted molar refractivity (Wildman–Crippen MR) is 100 cm³/mol. The van der Waals surface area contributed by atoms with Crippen molar-refractivity contribution in [2.24, 2.45) is 0 Å². The van der Waals surface area contributed by atoms with Gasteiger partial charge < -0.3 is 74.7 Å². The molecule has 0 saturated carbocycles. The number of hydrogen-bond acceptors (Lipinski definition) is 15. The number of alkyl halides is 1. The van der Waals surface area contributed by atoms with Crippen LogP contribution in [0.1, 0.15) is 0 Å². The molecule has 0 spiro atoms. The number of aliphatic hydroxyl groups excluding tert-OH is 10. The summed E-state index contributed by atoms with van der Waals surface area (Å²) in [6.07, 6.45) is -25.8. The van der Waals surface area contributed by atoms with E-state index in [-0.39, 0.29) is 0 Å². The van der Waals surface area contributed by atoms with Gasteiger partial charge >= 0.3 is 0 Å². The Labute approximate surface area is 192 Å². The van der Waals surface area contributed by atoms with Gasteiger partial charge in [0.05, 0.1) is 19.8 Å². The van der Waals surface area contributed by atoms with Crippen molar-refractivity contribution in [2.75, 3.05) is 19.8 Å². The molecule has 15 nitrogen and oxygen atoms in total. The van der Waals surface area contributed by atoms with Gasteiger partial charge in [-0.3, -0.25) is 0 Å². The molecule has 0 aromatic carbocycles. The molecule has 10 N–H and O–H groups in total. The first-order valence-electron chi connectivity index (χ1n) is 10.5. The molecule has 0 radical (unpaired) electrons. The third kappa shape index (κ3) is 5.66. The SMILES string of the molecule is OC[C@H]1O[C@@H](OC[C@H]2O[C@@H](OC[C@H]3OC(O)[C@H](O)[C@@H](O)[C@H]3O)[C@H](O)[C@@H](O)[C@H]2O)[C@H](O)[C@@H](F)[C@H]1O. The largest absolute Gasteiger partial charge is 0.394 e. The fourth-order valence-corrected chi connectivity index (χ4v) is 3.82. The van der Waals surface area contributed by atoms with Crippen LogP contribution in [0.4, 0.5) is 4.39 Å². The quantitative estimate of drug-likeness (QED) is 0.154. The van der Waals surface area contributed by atoms with E-state index in [0.717, 1.165) is 0 Å². The van der Waals surface area contributed by atoms with Crippen LogP contribution in [0.15, 0.2) is 0 Å². The molecule has 3 heterocycles. The maximum atomic E-state index is 14.0. The minimum absolute atomic E-state index is 0.593. The summed E-state index contributed by atoms with van der Waals surface area (Å²) in [6, 6.07) is 0. The first-order valence-corrected chi connectivity index (χ1v) is 10.5. The number of hydrogen-bond donors (Lipinski definition) is 10. The lowest BCUT2D eigenvalue weighted by Crippen LogP contribution is -2.62. The Morgan fingerprint density at radius 3 is 1.56 bits per heavy atom. The molecule has 3 aliphatic rings. The minimum Gasteiger partial charge on any atom is -0.394 e. The molecule has 3 fully saturated rings. The molecule has 0 aliphatic carbocycles. The van der Waals surface area contributed by atoms with Crippen molar-refractivity contribution < 1.29 is 79.1 Å². The van der Waals surface area contributed by atoms with Gasteiger partial charge in [0.1, 0.15) is 67.1 Å². The molecule has 0 aromatic rings. The maximum absolute atomic E-state index is 14.0. The van der Waals surface area contributed by atoms with Crippen LogP contribution in [-0.2, 0) is 23.7 Å². The van der Waals surface area contributed by atoms with Gasteiger partial charge in [0.2, 0.25) is 0 Å². The van der Waals surface area contributed by atoms with Gasteiger partial charge in [0, 0.05) is 0 Å². The van der Waals surface area contributed by atoms with Crippen LogP contribution in [0.5, 0.6) is 0 Å². The summed E-state index contributed by atoms with van der Waals surface area (Å²) in [5, 5.41) is 97.9. The monoisotopic (exact) mass is 506 g/mol. The van der Waals surface area contributed by atoms with Crippen molar-refractivity contribution in [2.45, 2.75) is 92.2 Å². The Bertz CT molecular complexity index is 644. The Balaban J connectivity index is 1.58. The first kappa shape index (κ1) is 27.9. The van der Waals surface area contributed by atoms with E-state index in [1.54, 1.807) is 0 Å². The number of rotatable bonds is 7. The molecule has 0 bridgehead atoms. The van der Waals surface area contributed by atoms with Crippen LogP contribution in [-0.4, -0.2) is 163 Å². The number of aliphatic hydroxyl groups is 10. The Morgan fingerprint density at radius 1 is 0.529 bits per heavy atom. The third-order valence-electron chi connectivity index (χ3n) is 6.01. The Hall–Kier alpha value is -0.670. The first-order chi connectivity index (χ1) is 16.0. The van der Waals surface area contributed by atoms with Crippen LogP contribution in [0, 0.1) is 0 Å². The molecular formula is C18H31FO15. The van der Waals surface area contributed by atoms with Gasteiger partial charge in [0.15, 0.2) is 25.0 Å². The lowest BCUT2D eigenvalue weighted by atomic mass is 9.98. The van der Waals surface area contributed by atoms with Crippen LogP contribution < -0.4 is 0 Å². The molecule has 3 rings (SSSR count). The second-order valence-electron chi connectivity index (χ2n) is 8.37. The van der Waals surface area contributed by atoms with Crippen LogP contribution >= 0.6 is 0 Å². The van der Waals surface area contributed by atoms with Gasteiger partial charge in [-0.25, -0.2) is 4.39 Å². The third-order valence-corrected chi connectivity index (χ3v) is 6.01. The predicted octanol–water partition coefficient (Wildman–Crippen LogP) is -6.60. The zero-order valence-corrected chi connectivity index (χ0v) is 17.7. The summed E-state index contributed by atoms with van der Waals surface area (Å²) in [7, 11) is 0. The molecule has 15 atom stereocenters. The van der Waals surface area contributed by atoms with E-state index in [4.69, 9.17) is 28.8 Å². The minimum atomic E-state index is -2.21. The van der Waals surface area contributed by atoms with Crippen molar-refractivity contribution in [3.63, 3.8) is 0 Å². The fourth-order valence-electron chi connectivity index (χ4n) is 3.82. The van der Waals surface area contributed by atoms with E-state index >= 15 is 0 Å². The Kier molecular flexibility index (Phi) is 9.51. The molecule has 34 heavy (non-hydrogen) atoms. The van der Waals surface area contributed by atoms with E-state index in [0.29, 0.717) is 0 Å². The maximum Gasteiger partial charge on any atom is 0.187 e. The van der Waals surface area contributed by atoms with E-state index < -0.39 is 112 Å². The summed E-state index contributed by atoms with van der Waals surface area (Å²) in [6.45, 7) is -1.99. The van der Waals surface area contributed by atoms with Crippen molar-refractivity contribution in [3.8, 4) is 0 Å². The zero-order valence-electron chi connectivity index (χ0n) is 17.7. The van der Waals surface area contributed by atoms with E-state index in [1.807, 2.05) is 0 Å². The standard InChI is InChI=1S/C18H31FO15/c19-7-8(21)4(1-20)33-17(11(7)24)30-3-6-10(23)13(26)15(28)18(34-6)31-2-5-9(22)12(25)14(27)16(29)32-5/h4-18,20-29H,1-3H2/t4-,5-,6-,7+,8+,9+,10+,11-,12+,13+,14-,15-,16?,17-,18-/m1/s1. The summed E-state index contributed by atoms with van der Waals surface area (Å²) < 4.78 is 39.9. The highest BCUT2D eigenvalue weighted by molar-refractivity contribution is 4.93. The van der Waals surface area contributed by atoms with E-state index in [2.05, 4.69) is 0 Å². The van der Waals surface area contributed by atoms with Crippen molar-refractivity contribution in [1.82, 2.24) is 0 Å². The summed E-state index contributed by atoms with van der Waals surface area (Å²) >= 11 is 0. The highest BCUT2D eigenvalue weighted by Gasteiger charge is 2.49. The summed E-state index contributed by atoms with van der Waals surface area (Å²) in [4.78, 5) is 0. The Morgan fingerprint density at radius 2 is 1.00 bits per heavy atom. The topological polar surface area (TPSA) is 248 Å². The molecular weight excluding hydrogens is 475 g/mol. The molecule has 3 aliphatic heterocycles. The lowest BCUT2D eigenvalue weighted by molar-refractivity contribution is -0.338. The highest BCUT2D eigenvalue weighted by Crippen LogP contribution is 2.28. The van der Waals surface area contributed by atoms with Crippen LogP contribution in [0.25, 0.3) is 0 Å². The van der Waals surface area contributed by atoms with Gasteiger partial charge in [-0.15, -0.1) is 0 Å². The molecule has 1 unspecified atom stereocenters. The van der Waals surface area contributed by atoms with Gasteiger partial charge in [-0.1, -0.05) is 0 Å². The highest BCUT2D eigenvalue weighted by atomic mass is 19.1. The molecule has 0 amide bonds. The molecule has 200 valence electrons. The van der Waals surface area contributed by atoms with Gasteiger partial charge in [-0.05, 0) is 0 Å². The average Bonchev–Trinajstić information content (AvgIpc) is 2.82. The van der Waals surface area contributed by atoms with Crippen LogP contribution in [0.3, 0.4) is 0 Å². The fraction of sp³-hybridized carbons (Fsp3) is 1.00. The molecule has 16 heteroatoms. The number of ether oxygens (including phenoxy) is 5. The van der Waals surface area contributed by atoms with Gasteiger partial charge in [-0.2, -0.15) is 0 Å². The van der Waals surface area contributed by atoms with Crippen LogP contribution in [0.2, 0.25) is 0 Å². The smallest absolute Gasteiger partial charge is 0.187 e. The summed E-state index contributed by atoms with van der Waals surface area (Å²) in [5.41, 5.74) is 0. The van der Waals surface area contributed by atoms with Crippen molar-refractivity contribution >= 4 is 0 Å². The second kappa shape index (κ2) is 11.6. The zero-order chi connectivity index (χ0) is 25.3. The lowest BCUT2D eigenvalue weighted by Gasteiger charge is -2.43. The molecule has 3 saturated heterocycles. The van der Waals surface area contributed by atoms with Crippen molar-refractivity contribution in [3.05, 3.63) is 0 Å². The normalized spacial score (nSPS) is 52.5. The second-order valence-corrected chi connectivity index (χ2v) is 8.37. The average molecular weight is 506 g/mol. The van der Waals surface area contributed by atoms with E-state index in [1.165, 1.54) is 0 Å². The van der Waals surface area contributed by atoms with Crippen molar-refractivity contribution in [1.29, 1.82) is 0 Å². The number of halogens is 1. The van der Waals surface area contributed by atoms with E-state index in [9.17, 15) is 50.3 Å². The molecule has 0 aromatic heterocycles. The summed E-state index contributed by atoms with van der Waals surface area (Å²) in [5.74, 6) is 0.